The van der Waals surface area contributed by atoms with Gasteiger partial charge in [0.15, 0.2) is 14.9 Å². The van der Waals surface area contributed by atoms with Gasteiger partial charge >= 0.3 is 0 Å². The minimum Gasteiger partial charge on any atom is -0.334 e. The van der Waals surface area contributed by atoms with Crippen LogP contribution >= 0.6 is 0 Å². The van der Waals surface area contributed by atoms with Crippen LogP contribution in [0.4, 0.5) is 5.82 Å². The first-order valence-corrected chi connectivity index (χ1v) is 11.5. The van der Waals surface area contributed by atoms with Crippen LogP contribution in [0.25, 0.3) is 11.3 Å². The minimum atomic E-state index is -3.90. The van der Waals surface area contributed by atoms with E-state index in [1.54, 1.807) is 6.07 Å². The first-order chi connectivity index (χ1) is 12.8. The number of hydrogen-bond acceptors (Lipinski definition) is 6. The quantitative estimate of drug-likeness (QED) is 0.659. The molecule has 2 N–H and O–H groups in total. The van der Waals surface area contributed by atoms with Crippen LogP contribution < -0.4 is 4.72 Å². The molecule has 4 rings (SSSR count). The zero-order chi connectivity index (χ0) is 19.1. The molecule has 2 aromatic heterocycles. The monoisotopic (exact) mass is 407 g/mol. The number of sulfonamides is 1. The first-order valence-electron chi connectivity index (χ1n) is 8.21. The Hall–Kier alpha value is -2.66. The van der Waals surface area contributed by atoms with Crippen LogP contribution in [-0.4, -0.2) is 48.1 Å². The summed E-state index contributed by atoms with van der Waals surface area (Å²) >= 11 is 0. The molecule has 1 aromatic carbocycles. The predicted molar refractivity (Wildman–Crippen MR) is 99.4 cm³/mol. The fourth-order valence-electron chi connectivity index (χ4n) is 3.05. The summed E-state index contributed by atoms with van der Waals surface area (Å²) in [5, 5.41) is 4.41. The third kappa shape index (κ3) is 3.60. The summed E-state index contributed by atoms with van der Waals surface area (Å²) in [6.07, 6.45) is 2.85. The molecule has 1 aliphatic heterocycles. The highest BCUT2D eigenvalue weighted by molar-refractivity contribution is 7.92. The Bertz CT molecular complexity index is 1150. The molecule has 27 heavy (non-hydrogen) atoms. The number of H-pyrrole nitrogens is 1. The number of aromatic nitrogens is 4. The fraction of sp³-hybridized carbons (Fsp3) is 0.250. The largest absolute Gasteiger partial charge is 0.334 e. The number of anilines is 1. The number of aromatic amines is 1. The van der Waals surface area contributed by atoms with Gasteiger partial charge in [0, 0.05) is 11.6 Å². The molecule has 1 saturated heterocycles. The van der Waals surface area contributed by atoms with Gasteiger partial charge in [-0.05, 0) is 6.42 Å². The van der Waals surface area contributed by atoms with Crippen LogP contribution in [0.3, 0.4) is 0 Å². The second kappa shape index (κ2) is 6.50. The smallest absolute Gasteiger partial charge is 0.280 e. The molecule has 1 fully saturated rings. The van der Waals surface area contributed by atoms with Gasteiger partial charge in [0.05, 0.1) is 35.8 Å². The molecule has 1 aliphatic rings. The molecule has 0 saturated carbocycles. The Morgan fingerprint density at radius 1 is 1.22 bits per heavy atom. The Labute approximate surface area is 156 Å². The number of imidazole rings is 1. The fourth-order valence-corrected chi connectivity index (χ4v) is 5.69. The maximum atomic E-state index is 12.6. The lowest BCUT2D eigenvalue weighted by atomic mass is 10.2. The van der Waals surface area contributed by atoms with Crippen molar-refractivity contribution in [3.05, 3.63) is 48.9 Å². The van der Waals surface area contributed by atoms with Gasteiger partial charge in [0.25, 0.3) is 10.0 Å². The second-order valence-corrected chi connectivity index (χ2v) is 10.2. The maximum absolute atomic E-state index is 12.6. The Kier molecular flexibility index (Phi) is 4.27. The summed E-state index contributed by atoms with van der Waals surface area (Å²) in [6, 6.07) is 10.5. The summed E-state index contributed by atoms with van der Waals surface area (Å²) in [7, 11) is -7.05. The summed E-state index contributed by atoms with van der Waals surface area (Å²) in [5.41, 5.74) is 1.36. The van der Waals surface area contributed by atoms with Crippen molar-refractivity contribution < 1.29 is 16.8 Å². The third-order valence-electron chi connectivity index (χ3n) is 4.36. The van der Waals surface area contributed by atoms with Gasteiger partial charge < -0.3 is 4.98 Å². The second-order valence-electron chi connectivity index (χ2n) is 6.30. The molecule has 142 valence electrons. The zero-order valence-corrected chi connectivity index (χ0v) is 15.7. The average molecular weight is 407 g/mol. The Morgan fingerprint density at radius 2 is 2.00 bits per heavy atom. The van der Waals surface area contributed by atoms with E-state index < -0.39 is 25.9 Å². The van der Waals surface area contributed by atoms with Gasteiger partial charge in [-0.25, -0.2) is 18.1 Å². The molecule has 0 unspecified atom stereocenters. The number of rotatable bonds is 5. The molecule has 0 aliphatic carbocycles. The minimum absolute atomic E-state index is 0.0605. The predicted octanol–water partition coefficient (Wildman–Crippen LogP) is 1.43. The first kappa shape index (κ1) is 17.7. The molecule has 0 amide bonds. The van der Waals surface area contributed by atoms with E-state index in [0.717, 1.165) is 5.56 Å². The van der Waals surface area contributed by atoms with Crippen molar-refractivity contribution >= 4 is 25.7 Å². The molecule has 0 spiro atoms. The molecule has 3 aromatic rings. The highest BCUT2D eigenvalue weighted by Gasteiger charge is 2.32. The lowest BCUT2D eigenvalue weighted by Crippen LogP contribution is -2.20. The van der Waals surface area contributed by atoms with Gasteiger partial charge in [0.2, 0.25) is 0 Å². The van der Waals surface area contributed by atoms with E-state index >= 15 is 0 Å². The van der Waals surface area contributed by atoms with Gasteiger partial charge in [-0.3, -0.25) is 4.72 Å². The lowest BCUT2D eigenvalue weighted by Gasteiger charge is -2.14. The van der Waals surface area contributed by atoms with E-state index in [4.69, 9.17) is 0 Å². The number of sulfone groups is 1. The highest BCUT2D eigenvalue weighted by atomic mass is 32.2. The summed E-state index contributed by atoms with van der Waals surface area (Å²) in [4.78, 5) is 6.28. The topological polar surface area (TPSA) is 127 Å². The molecule has 11 heteroatoms. The van der Waals surface area contributed by atoms with Crippen molar-refractivity contribution in [2.24, 2.45) is 0 Å². The van der Waals surface area contributed by atoms with Gasteiger partial charge in [-0.2, -0.15) is 13.5 Å². The van der Waals surface area contributed by atoms with E-state index in [-0.39, 0.29) is 22.3 Å². The van der Waals surface area contributed by atoms with E-state index in [1.165, 1.54) is 17.2 Å². The summed E-state index contributed by atoms with van der Waals surface area (Å²) < 4.78 is 52.8. The van der Waals surface area contributed by atoms with Crippen LogP contribution in [-0.2, 0) is 19.9 Å². The van der Waals surface area contributed by atoms with Crippen molar-refractivity contribution in [2.45, 2.75) is 17.5 Å². The van der Waals surface area contributed by atoms with Gasteiger partial charge in [-0.15, -0.1) is 0 Å². The van der Waals surface area contributed by atoms with Crippen LogP contribution in [0.15, 0.2) is 53.9 Å². The van der Waals surface area contributed by atoms with E-state index in [1.807, 2.05) is 30.3 Å². The normalized spacial score (nSPS) is 19.2. The van der Waals surface area contributed by atoms with Gasteiger partial charge in [-0.1, -0.05) is 30.3 Å². The van der Waals surface area contributed by atoms with Crippen LogP contribution in [0.2, 0.25) is 0 Å². The molecule has 0 radical (unpaired) electrons. The maximum Gasteiger partial charge on any atom is 0.280 e. The van der Waals surface area contributed by atoms with Gasteiger partial charge in [0.1, 0.15) is 5.82 Å². The van der Waals surface area contributed by atoms with Crippen molar-refractivity contribution in [1.29, 1.82) is 0 Å². The molecule has 0 bridgehead atoms. The van der Waals surface area contributed by atoms with Crippen molar-refractivity contribution in [3.63, 3.8) is 0 Å². The van der Waals surface area contributed by atoms with Crippen LogP contribution in [0.5, 0.6) is 0 Å². The average Bonchev–Trinajstić information content (AvgIpc) is 3.35. The number of benzene rings is 1. The van der Waals surface area contributed by atoms with Crippen molar-refractivity contribution in [1.82, 2.24) is 19.7 Å². The number of hydrogen-bond donors (Lipinski definition) is 2. The number of nitrogens with one attached hydrogen (secondary N) is 2. The van der Waals surface area contributed by atoms with Crippen molar-refractivity contribution in [3.8, 4) is 11.3 Å². The third-order valence-corrected chi connectivity index (χ3v) is 7.39. The van der Waals surface area contributed by atoms with Crippen LogP contribution in [0, 0.1) is 0 Å². The molecular weight excluding hydrogens is 390 g/mol. The summed E-state index contributed by atoms with van der Waals surface area (Å²) in [6.45, 7) is 0. The highest BCUT2D eigenvalue weighted by Crippen LogP contribution is 2.31. The molecule has 1 atom stereocenters. The van der Waals surface area contributed by atoms with E-state index in [0.29, 0.717) is 12.1 Å². The van der Waals surface area contributed by atoms with Crippen molar-refractivity contribution in [2.75, 3.05) is 16.2 Å². The summed E-state index contributed by atoms with van der Waals surface area (Å²) in [5.74, 6) is 0.206. The van der Waals surface area contributed by atoms with Crippen LogP contribution in [0.1, 0.15) is 12.5 Å². The molecular formula is C16H17N5O4S2. The Balaban J connectivity index is 1.76. The standard InChI is InChI=1S/C16H17N5O4S2/c22-26(23)7-6-13(10-26)21-15(20-27(24,25)16-9-17-11-18-16)8-14(19-21)12-4-2-1-3-5-12/h1-5,8-9,11,13,20H,6-7,10H2,(H,17,18)/t13-/m0/s1. The van der Waals surface area contributed by atoms with E-state index in [2.05, 4.69) is 19.8 Å². The number of nitrogens with zero attached hydrogens (tertiary/aromatic N) is 3. The Morgan fingerprint density at radius 3 is 2.63 bits per heavy atom. The SMILES string of the molecule is O=S1(=O)CC[C@H](n2nc(-c3ccccc3)cc2NS(=O)(=O)c2cnc[nH]2)C1. The van der Waals surface area contributed by atoms with E-state index in [9.17, 15) is 16.8 Å². The molecule has 9 nitrogen and oxygen atoms in total. The lowest BCUT2D eigenvalue weighted by molar-refractivity contribution is 0.507. The zero-order valence-electron chi connectivity index (χ0n) is 14.1. The molecule has 3 heterocycles.